The van der Waals surface area contributed by atoms with Gasteiger partial charge in [0.1, 0.15) is 0 Å². The van der Waals surface area contributed by atoms with E-state index in [4.69, 9.17) is 0 Å². The fraction of sp³-hybridized carbons (Fsp3) is 0.111. The molecule has 0 aliphatic rings. The molecule has 0 atom stereocenters. The zero-order valence-corrected chi connectivity index (χ0v) is 13.5. The molecule has 0 saturated carbocycles. The molecule has 0 spiro atoms. The van der Waals surface area contributed by atoms with Crippen molar-refractivity contribution >= 4 is 11.6 Å². The second-order valence-electron chi connectivity index (χ2n) is 5.57. The van der Waals surface area contributed by atoms with Crippen LogP contribution in [0.4, 0.5) is 18.9 Å². The van der Waals surface area contributed by atoms with Gasteiger partial charge in [-0.25, -0.2) is 17.9 Å². The number of amides is 1. The molecule has 1 aromatic heterocycles. The molecule has 0 radical (unpaired) electrons. The molecule has 0 aliphatic carbocycles. The van der Waals surface area contributed by atoms with Crippen molar-refractivity contribution in [2.75, 3.05) is 5.32 Å². The Morgan fingerprint density at radius 2 is 1.80 bits per heavy atom. The number of carbonyl (C=O) groups excluding carboxylic acids is 1. The average Bonchev–Trinajstić information content (AvgIpc) is 2.94. The molecule has 3 rings (SSSR count). The normalized spacial score (nSPS) is 10.8. The van der Waals surface area contributed by atoms with Crippen LogP contribution in [0.15, 0.2) is 42.5 Å². The second kappa shape index (κ2) is 6.43. The summed E-state index contributed by atoms with van der Waals surface area (Å²) in [6.45, 7) is 3.73. The number of nitrogens with one attached hydrogen (secondary N) is 1. The van der Waals surface area contributed by atoms with E-state index in [9.17, 15) is 18.0 Å². The fourth-order valence-corrected chi connectivity index (χ4v) is 2.49. The molecule has 0 aliphatic heterocycles. The number of aryl methyl sites for hydroxylation is 2. The largest absolute Gasteiger partial charge is 0.319 e. The summed E-state index contributed by atoms with van der Waals surface area (Å²) in [6.07, 6.45) is 0. The maximum Gasteiger partial charge on any atom is 0.255 e. The lowest BCUT2D eigenvalue weighted by molar-refractivity contribution is 0.102. The van der Waals surface area contributed by atoms with Crippen molar-refractivity contribution in [1.29, 1.82) is 0 Å². The molecule has 0 fully saturated rings. The number of hydrogen-bond acceptors (Lipinski definition) is 2. The van der Waals surface area contributed by atoms with Gasteiger partial charge in [-0.1, -0.05) is 6.07 Å². The van der Waals surface area contributed by atoms with Crippen LogP contribution in [0.1, 0.15) is 21.7 Å². The van der Waals surface area contributed by atoms with Gasteiger partial charge >= 0.3 is 0 Å². The number of anilines is 1. The summed E-state index contributed by atoms with van der Waals surface area (Å²) in [5.41, 5.74) is 2.18. The molecular formula is C18H14F3N3O. The average molecular weight is 345 g/mol. The summed E-state index contributed by atoms with van der Waals surface area (Å²) in [5.74, 6) is -5.03. The summed E-state index contributed by atoms with van der Waals surface area (Å²) in [4.78, 5) is 12.3. The van der Waals surface area contributed by atoms with Crippen molar-refractivity contribution in [3.05, 3.63) is 76.9 Å². The van der Waals surface area contributed by atoms with E-state index in [0.29, 0.717) is 5.69 Å². The third-order valence-corrected chi connectivity index (χ3v) is 3.65. The van der Waals surface area contributed by atoms with Gasteiger partial charge in [0.05, 0.1) is 17.1 Å². The van der Waals surface area contributed by atoms with Gasteiger partial charge in [-0.15, -0.1) is 0 Å². The third-order valence-electron chi connectivity index (χ3n) is 3.65. The smallest absolute Gasteiger partial charge is 0.255 e. The van der Waals surface area contributed by atoms with E-state index in [1.54, 1.807) is 22.9 Å². The summed E-state index contributed by atoms with van der Waals surface area (Å²) in [6, 6.07) is 10.1. The van der Waals surface area contributed by atoms with Crippen molar-refractivity contribution < 1.29 is 18.0 Å². The van der Waals surface area contributed by atoms with Crippen molar-refractivity contribution in [3.63, 3.8) is 0 Å². The molecule has 0 saturated heterocycles. The van der Waals surface area contributed by atoms with Gasteiger partial charge in [0.25, 0.3) is 5.91 Å². The fourth-order valence-electron chi connectivity index (χ4n) is 2.49. The lowest BCUT2D eigenvalue weighted by Gasteiger charge is -2.09. The molecular weight excluding hydrogens is 331 g/mol. The van der Waals surface area contributed by atoms with Crippen LogP contribution in [-0.4, -0.2) is 15.7 Å². The zero-order chi connectivity index (χ0) is 18.1. The Hall–Kier alpha value is -3.09. The topological polar surface area (TPSA) is 46.9 Å². The summed E-state index contributed by atoms with van der Waals surface area (Å²) >= 11 is 0. The molecule has 2 aromatic carbocycles. The minimum absolute atomic E-state index is 0.231. The van der Waals surface area contributed by atoms with Crippen LogP contribution in [0.5, 0.6) is 0 Å². The lowest BCUT2D eigenvalue weighted by atomic mass is 10.1. The lowest BCUT2D eigenvalue weighted by Crippen LogP contribution is -2.14. The van der Waals surface area contributed by atoms with Gasteiger partial charge in [0.2, 0.25) is 0 Å². The minimum Gasteiger partial charge on any atom is -0.319 e. The molecule has 1 amide bonds. The Bertz CT molecular complexity index is 966. The molecule has 25 heavy (non-hydrogen) atoms. The molecule has 0 bridgehead atoms. The number of halogens is 3. The van der Waals surface area contributed by atoms with Crippen LogP contribution in [0.2, 0.25) is 0 Å². The molecule has 1 N–H and O–H groups in total. The van der Waals surface area contributed by atoms with E-state index in [0.717, 1.165) is 23.5 Å². The summed E-state index contributed by atoms with van der Waals surface area (Å²) in [5, 5.41) is 6.58. The van der Waals surface area contributed by atoms with E-state index >= 15 is 0 Å². The van der Waals surface area contributed by atoms with Crippen molar-refractivity contribution in [1.82, 2.24) is 9.78 Å². The monoisotopic (exact) mass is 345 g/mol. The maximum absolute atomic E-state index is 13.7. The van der Waals surface area contributed by atoms with E-state index in [1.165, 1.54) is 6.07 Å². The highest BCUT2D eigenvalue weighted by Crippen LogP contribution is 2.21. The first-order valence-corrected chi connectivity index (χ1v) is 7.45. The van der Waals surface area contributed by atoms with E-state index in [2.05, 4.69) is 10.4 Å². The number of rotatable bonds is 3. The highest BCUT2D eigenvalue weighted by atomic mass is 19.2. The first kappa shape index (κ1) is 16.8. The van der Waals surface area contributed by atoms with E-state index in [-0.39, 0.29) is 5.56 Å². The Balaban J connectivity index is 1.90. The van der Waals surface area contributed by atoms with Gasteiger partial charge in [0.15, 0.2) is 17.5 Å². The van der Waals surface area contributed by atoms with Crippen LogP contribution >= 0.6 is 0 Å². The van der Waals surface area contributed by atoms with Gasteiger partial charge in [-0.2, -0.15) is 5.10 Å². The quantitative estimate of drug-likeness (QED) is 0.725. The van der Waals surface area contributed by atoms with Crippen molar-refractivity contribution in [2.45, 2.75) is 13.8 Å². The zero-order valence-electron chi connectivity index (χ0n) is 13.5. The standard InChI is InChI=1S/C18H14F3N3O/c1-10-8-11(2)24(23-10)13-5-3-4-12(9-13)18(25)22-15-7-6-14(19)16(20)17(15)21/h3-9H,1-2H3,(H,22,25). The summed E-state index contributed by atoms with van der Waals surface area (Å²) in [7, 11) is 0. The Morgan fingerprint density at radius 1 is 1.04 bits per heavy atom. The number of hydrogen-bond donors (Lipinski definition) is 1. The Labute approximate surface area is 141 Å². The van der Waals surface area contributed by atoms with Crippen molar-refractivity contribution in [2.24, 2.45) is 0 Å². The molecule has 3 aromatic rings. The van der Waals surface area contributed by atoms with Crippen LogP contribution < -0.4 is 5.32 Å². The number of carbonyl (C=O) groups is 1. The molecule has 0 unspecified atom stereocenters. The third kappa shape index (κ3) is 3.26. The molecule has 128 valence electrons. The van der Waals surface area contributed by atoms with E-state index in [1.807, 2.05) is 19.9 Å². The number of aromatic nitrogens is 2. The summed E-state index contributed by atoms with van der Waals surface area (Å²) < 4.78 is 41.6. The predicted octanol–water partition coefficient (Wildman–Crippen LogP) is 4.16. The Kier molecular flexibility index (Phi) is 4.31. The molecule has 4 nitrogen and oxygen atoms in total. The van der Waals surface area contributed by atoms with Crippen LogP contribution in [0.25, 0.3) is 5.69 Å². The minimum atomic E-state index is -1.63. The highest BCUT2D eigenvalue weighted by Gasteiger charge is 2.16. The number of benzene rings is 2. The van der Waals surface area contributed by atoms with Gasteiger partial charge < -0.3 is 5.32 Å². The van der Waals surface area contributed by atoms with Crippen LogP contribution in [0, 0.1) is 31.3 Å². The van der Waals surface area contributed by atoms with Gasteiger partial charge in [-0.3, -0.25) is 4.79 Å². The molecule has 7 heteroatoms. The predicted molar refractivity (Wildman–Crippen MR) is 87.3 cm³/mol. The Morgan fingerprint density at radius 3 is 2.48 bits per heavy atom. The molecule has 1 heterocycles. The SMILES string of the molecule is Cc1cc(C)n(-c2cccc(C(=O)Nc3ccc(F)c(F)c3F)c2)n1. The maximum atomic E-state index is 13.7. The van der Waals surface area contributed by atoms with Gasteiger partial charge in [0, 0.05) is 11.3 Å². The first-order chi connectivity index (χ1) is 11.9. The van der Waals surface area contributed by atoms with Gasteiger partial charge in [-0.05, 0) is 50.2 Å². The van der Waals surface area contributed by atoms with Crippen LogP contribution in [-0.2, 0) is 0 Å². The van der Waals surface area contributed by atoms with E-state index < -0.39 is 29.0 Å². The number of nitrogens with zero attached hydrogens (tertiary/aromatic N) is 2. The van der Waals surface area contributed by atoms with Crippen molar-refractivity contribution in [3.8, 4) is 5.69 Å². The first-order valence-electron chi connectivity index (χ1n) is 7.45. The highest BCUT2D eigenvalue weighted by molar-refractivity contribution is 6.04. The van der Waals surface area contributed by atoms with Crippen LogP contribution in [0.3, 0.4) is 0 Å². The second-order valence-corrected chi connectivity index (χ2v) is 5.57.